The average molecular weight is 679 g/mol. The standard InChI is InChI=1S/C53H42/c1-4-5-17-34-28-30-37-38-31-29-36(33-48(38)53(2,3)47(37)32-34)50-41-22-11-15-26-45(41)52(46-27-16-12-23-42(46)50)51-43-24-13-9-20-39(43)49(35-18-7-6-8-19-35)40-21-10-14-25-44(40)51/h6-16,18-33H,4-5,17H2,1-3H3. The Morgan fingerprint density at radius 3 is 1.25 bits per heavy atom. The van der Waals surface area contributed by atoms with E-state index in [2.05, 4.69) is 185 Å². The molecule has 0 aromatic heterocycles. The van der Waals surface area contributed by atoms with Crippen LogP contribution in [-0.2, 0) is 11.8 Å². The van der Waals surface area contributed by atoms with Crippen LogP contribution in [0.25, 0.3) is 87.6 Å². The van der Waals surface area contributed by atoms with E-state index in [0.29, 0.717) is 0 Å². The van der Waals surface area contributed by atoms with Crippen molar-refractivity contribution in [3.63, 3.8) is 0 Å². The molecule has 0 nitrogen and oxygen atoms in total. The quantitative estimate of drug-likeness (QED) is 0.154. The first-order chi connectivity index (χ1) is 26.0. The maximum atomic E-state index is 2.51. The van der Waals surface area contributed by atoms with Gasteiger partial charge in [0.15, 0.2) is 0 Å². The van der Waals surface area contributed by atoms with Crippen molar-refractivity contribution in [2.45, 2.75) is 45.4 Å². The predicted octanol–water partition coefficient (Wildman–Crippen LogP) is 14.9. The molecular weight excluding hydrogens is 637 g/mol. The summed E-state index contributed by atoms with van der Waals surface area (Å²) in [4.78, 5) is 0. The van der Waals surface area contributed by atoms with Crippen molar-refractivity contribution < 1.29 is 0 Å². The molecular formula is C53H42. The van der Waals surface area contributed by atoms with E-state index in [1.54, 1.807) is 0 Å². The highest BCUT2D eigenvalue weighted by Gasteiger charge is 2.36. The maximum Gasteiger partial charge on any atom is 0.0159 e. The maximum absolute atomic E-state index is 2.51. The van der Waals surface area contributed by atoms with E-state index in [1.807, 2.05) is 0 Å². The zero-order valence-electron chi connectivity index (χ0n) is 30.7. The van der Waals surface area contributed by atoms with Crippen LogP contribution in [0.1, 0.15) is 50.3 Å². The Hall–Kier alpha value is -5.98. The van der Waals surface area contributed by atoms with Crippen LogP contribution in [0.5, 0.6) is 0 Å². The predicted molar refractivity (Wildman–Crippen MR) is 229 cm³/mol. The number of aryl methyl sites for hydroxylation is 1. The second-order valence-electron chi connectivity index (χ2n) is 15.4. The van der Waals surface area contributed by atoms with Gasteiger partial charge in [0.05, 0.1) is 0 Å². The lowest BCUT2D eigenvalue weighted by Crippen LogP contribution is -2.15. The van der Waals surface area contributed by atoms with Crippen molar-refractivity contribution in [3.05, 3.63) is 180 Å². The number of rotatable bonds is 6. The summed E-state index contributed by atoms with van der Waals surface area (Å²) in [5.74, 6) is 0. The molecule has 0 amide bonds. The van der Waals surface area contributed by atoms with Gasteiger partial charge in [-0.3, -0.25) is 0 Å². The molecule has 254 valence electrons. The van der Waals surface area contributed by atoms with Gasteiger partial charge in [0, 0.05) is 5.41 Å². The molecule has 0 saturated carbocycles. The zero-order valence-corrected chi connectivity index (χ0v) is 30.7. The van der Waals surface area contributed by atoms with E-state index in [1.165, 1.54) is 117 Å². The van der Waals surface area contributed by atoms with E-state index in [0.717, 1.165) is 6.42 Å². The third-order valence-electron chi connectivity index (χ3n) is 12.0. The molecule has 0 bridgehead atoms. The van der Waals surface area contributed by atoms with Crippen molar-refractivity contribution in [2.75, 3.05) is 0 Å². The van der Waals surface area contributed by atoms with Crippen molar-refractivity contribution in [2.24, 2.45) is 0 Å². The molecule has 0 N–H and O–H groups in total. The molecule has 0 fully saturated rings. The summed E-state index contributed by atoms with van der Waals surface area (Å²) in [5, 5.41) is 10.3. The molecule has 9 aromatic carbocycles. The van der Waals surface area contributed by atoms with Gasteiger partial charge in [-0.05, 0) is 123 Å². The summed E-state index contributed by atoms with van der Waals surface area (Å²) in [5.41, 5.74) is 14.8. The molecule has 1 aliphatic carbocycles. The number of benzene rings is 9. The van der Waals surface area contributed by atoms with E-state index in [-0.39, 0.29) is 5.41 Å². The highest BCUT2D eigenvalue weighted by Crippen LogP contribution is 2.53. The van der Waals surface area contributed by atoms with Gasteiger partial charge >= 0.3 is 0 Å². The minimum absolute atomic E-state index is 0.0766. The fourth-order valence-corrected chi connectivity index (χ4v) is 9.50. The molecule has 10 rings (SSSR count). The van der Waals surface area contributed by atoms with E-state index >= 15 is 0 Å². The van der Waals surface area contributed by atoms with Crippen LogP contribution in [0.15, 0.2) is 164 Å². The van der Waals surface area contributed by atoms with Crippen LogP contribution in [-0.4, -0.2) is 0 Å². The fraction of sp³-hybridized carbons (Fsp3) is 0.132. The highest BCUT2D eigenvalue weighted by molar-refractivity contribution is 6.30. The Morgan fingerprint density at radius 2 is 0.774 bits per heavy atom. The summed E-state index contributed by atoms with van der Waals surface area (Å²) < 4.78 is 0. The van der Waals surface area contributed by atoms with Gasteiger partial charge in [-0.1, -0.05) is 185 Å². The van der Waals surface area contributed by atoms with Crippen LogP contribution < -0.4 is 0 Å². The molecule has 0 radical (unpaired) electrons. The van der Waals surface area contributed by atoms with Gasteiger partial charge in [0.2, 0.25) is 0 Å². The molecule has 0 atom stereocenters. The second kappa shape index (κ2) is 12.3. The lowest BCUT2D eigenvalue weighted by molar-refractivity contribution is 0.658. The first kappa shape index (κ1) is 31.7. The molecule has 53 heavy (non-hydrogen) atoms. The van der Waals surface area contributed by atoms with Gasteiger partial charge in [-0.2, -0.15) is 0 Å². The summed E-state index contributed by atoms with van der Waals surface area (Å²) in [7, 11) is 0. The Kier molecular flexibility index (Phi) is 7.37. The smallest absolute Gasteiger partial charge is 0.0159 e. The Morgan fingerprint density at radius 1 is 0.377 bits per heavy atom. The molecule has 0 heterocycles. The summed E-state index contributed by atoms with van der Waals surface area (Å²) >= 11 is 0. The molecule has 9 aromatic rings. The van der Waals surface area contributed by atoms with Crippen LogP contribution in [0, 0.1) is 0 Å². The molecule has 0 unspecified atom stereocenters. The number of hydrogen-bond donors (Lipinski definition) is 0. The average Bonchev–Trinajstić information content (AvgIpc) is 3.43. The number of fused-ring (bicyclic) bond motifs is 7. The van der Waals surface area contributed by atoms with Crippen molar-refractivity contribution in [3.8, 4) is 44.5 Å². The monoisotopic (exact) mass is 678 g/mol. The Bertz CT molecular complexity index is 2770. The molecule has 0 saturated heterocycles. The first-order valence-electron chi connectivity index (χ1n) is 19.3. The topological polar surface area (TPSA) is 0 Å². The van der Waals surface area contributed by atoms with Crippen LogP contribution in [0.2, 0.25) is 0 Å². The van der Waals surface area contributed by atoms with E-state index in [4.69, 9.17) is 0 Å². The number of unbranched alkanes of at least 4 members (excludes halogenated alkanes) is 1. The van der Waals surface area contributed by atoms with Gasteiger partial charge < -0.3 is 0 Å². The van der Waals surface area contributed by atoms with Crippen molar-refractivity contribution in [1.29, 1.82) is 0 Å². The van der Waals surface area contributed by atoms with Crippen LogP contribution in [0.4, 0.5) is 0 Å². The SMILES string of the molecule is CCCCc1ccc2c(c1)C(C)(C)c1cc(-c3c4ccccc4c(-c4c5ccccc5c(-c5ccccc5)c5ccccc45)c4ccccc34)ccc1-2. The Balaban J connectivity index is 1.26. The molecule has 0 heteroatoms. The third-order valence-corrected chi connectivity index (χ3v) is 12.0. The van der Waals surface area contributed by atoms with Crippen LogP contribution in [0.3, 0.4) is 0 Å². The summed E-state index contributed by atoms with van der Waals surface area (Å²) in [6, 6.07) is 61.7. The molecule has 0 aliphatic heterocycles. The Labute approximate surface area is 312 Å². The normalized spacial score (nSPS) is 13.2. The van der Waals surface area contributed by atoms with Gasteiger partial charge in [-0.25, -0.2) is 0 Å². The molecule has 0 spiro atoms. The van der Waals surface area contributed by atoms with Crippen LogP contribution >= 0.6 is 0 Å². The largest absolute Gasteiger partial charge is 0.0654 e. The second-order valence-corrected chi connectivity index (χ2v) is 15.4. The van der Waals surface area contributed by atoms with Crippen molar-refractivity contribution in [1.82, 2.24) is 0 Å². The highest BCUT2D eigenvalue weighted by atomic mass is 14.4. The summed E-state index contributed by atoms with van der Waals surface area (Å²) in [6.45, 7) is 7.11. The zero-order chi connectivity index (χ0) is 35.7. The van der Waals surface area contributed by atoms with Crippen molar-refractivity contribution >= 4 is 43.1 Å². The van der Waals surface area contributed by atoms with E-state index < -0.39 is 0 Å². The first-order valence-corrected chi connectivity index (χ1v) is 19.3. The summed E-state index contributed by atoms with van der Waals surface area (Å²) in [6.07, 6.45) is 3.59. The minimum atomic E-state index is -0.0766. The minimum Gasteiger partial charge on any atom is -0.0654 e. The lowest BCUT2D eigenvalue weighted by Gasteiger charge is -2.24. The number of hydrogen-bond acceptors (Lipinski definition) is 0. The van der Waals surface area contributed by atoms with Gasteiger partial charge in [-0.15, -0.1) is 0 Å². The third kappa shape index (κ3) is 4.82. The fourth-order valence-electron chi connectivity index (χ4n) is 9.50. The van der Waals surface area contributed by atoms with E-state index in [9.17, 15) is 0 Å². The molecule has 1 aliphatic rings. The van der Waals surface area contributed by atoms with Gasteiger partial charge in [0.1, 0.15) is 0 Å². The van der Waals surface area contributed by atoms with Gasteiger partial charge in [0.25, 0.3) is 0 Å². The lowest BCUT2D eigenvalue weighted by atomic mass is 9.79.